The molecule has 17 heavy (non-hydrogen) atoms. The Morgan fingerprint density at radius 2 is 2.35 bits per heavy atom. The number of hydrogen-bond donors (Lipinski definition) is 1. The number of nitrogens with one attached hydrogen (secondary N) is 1. The van der Waals surface area contributed by atoms with Crippen LogP contribution >= 0.6 is 0 Å². The fourth-order valence-electron chi connectivity index (χ4n) is 1.31. The van der Waals surface area contributed by atoms with E-state index in [-0.39, 0.29) is 17.3 Å². The molecule has 0 spiro atoms. The van der Waals surface area contributed by atoms with Crippen molar-refractivity contribution in [2.75, 3.05) is 5.32 Å². The zero-order valence-electron chi connectivity index (χ0n) is 9.30. The maximum atomic E-state index is 10.6. The minimum atomic E-state index is -0.539. The van der Waals surface area contributed by atoms with Gasteiger partial charge in [-0.1, -0.05) is 12.8 Å². The van der Waals surface area contributed by atoms with E-state index in [1.807, 2.05) is 13.0 Å². The molecule has 0 bridgehead atoms. The second kappa shape index (κ2) is 5.53. The largest absolute Gasteiger partial charge is 0.370 e. The normalized spacial score (nSPS) is 11.0. The summed E-state index contributed by atoms with van der Waals surface area (Å²) in [5.74, 6) is 2.53. The highest BCUT2D eigenvalue weighted by atomic mass is 16.6. The van der Waals surface area contributed by atoms with Crippen molar-refractivity contribution in [1.29, 1.82) is 5.26 Å². The van der Waals surface area contributed by atoms with Gasteiger partial charge in [-0.3, -0.25) is 10.1 Å². The molecule has 0 aromatic heterocycles. The Morgan fingerprint density at radius 1 is 1.65 bits per heavy atom. The molecule has 5 heteroatoms. The first kappa shape index (κ1) is 12.5. The van der Waals surface area contributed by atoms with Gasteiger partial charge in [-0.05, 0) is 12.5 Å². The number of nitrogens with zero attached hydrogens (tertiary/aromatic N) is 2. The van der Waals surface area contributed by atoms with E-state index >= 15 is 0 Å². The maximum absolute atomic E-state index is 10.6. The number of anilines is 1. The minimum absolute atomic E-state index is 0.110. The van der Waals surface area contributed by atoms with Crippen molar-refractivity contribution in [1.82, 2.24) is 0 Å². The van der Waals surface area contributed by atoms with Crippen LogP contribution in [-0.4, -0.2) is 11.0 Å². The van der Waals surface area contributed by atoms with Gasteiger partial charge in [0.2, 0.25) is 0 Å². The van der Waals surface area contributed by atoms with Gasteiger partial charge in [0.15, 0.2) is 0 Å². The third-order valence-corrected chi connectivity index (χ3v) is 2.27. The Hall–Kier alpha value is -2.53. The van der Waals surface area contributed by atoms with Crippen LogP contribution in [0.3, 0.4) is 0 Å². The Morgan fingerprint density at radius 3 is 2.82 bits per heavy atom. The van der Waals surface area contributed by atoms with Crippen LogP contribution in [0.2, 0.25) is 0 Å². The number of terminal acetylenes is 1. The smallest absolute Gasteiger partial charge is 0.270 e. The topological polar surface area (TPSA) is 79.0 Å². The molecular formula is C12H11N3O2. The summed E-state index contributed by atoms with van der Waals surface area (Å²) >= 11 is 0. The molecule has 1 atom stereocenters. The Kier molecular flexibility index (Phi) is 4.08. The van der Waals surface area contributed by atoms with E-state index in [0.717, 1.165) is 0 Å². The first-order valence-corrected chi connectivity index (χ1v) is 5.03. The number of nitriles is 1. The predicted molar refractivity (Wildman–Crippen MR) is 64.3 cm³/mol. The summed E-state index contributed by atoms with van der Waals surface area (Å²) in [6.07, 6.45) is 6.00. The van der Waals surface area contributed by atoms with E-state index in [0.29, 0.717) is 12.1 Å². The molecule has 1 aromatic carbocycles. The summed E-state index contributed by atoms with van der Waals surface area (Å²) < 4.78 is 0. The summed E-state index contributed by atoms with van der Waals surface area (Å²) in [6.45, 7) is 1.91. The van der Waals surface area contributed by atoms with Crippen molar-refractivity contribution in [3.8, 4) is 18.4 Å². The van der Waals surface area contributed by atoms with Crippen LogP contribution in [0, 0.1) is 33.8 Å². The van der Waals surface area contributed by atoms with Gasteiger partial charge in [0, 0.05) is 12.1 Å². The second-order valence-corrected chi connectivity index (χ2v) is 3.37. The molecular weight excluding hydrogens is 218 g/mol. The van der Waals surface area contributed by atoms with Gasteiger partial charge >= 0.3 is 0 Å². The SMILES string of the molecule is C#CC(CC)Nc1ccc([N+](=O)[O-])cc1C#N. The molecule has 1 N–H and O–H groups in total. The third-order valence-electron chi connectivity index (χ3n) is 2.27. The van der Waals surface area contributed by atoms with Gasteiger partial charge in [0.05, 0.1) is 22.2 Å². The standard InChI is InChI=1S/C12H11N3O2/c1-3-10(4-2)14-12-6-5-11(15(16)17)7-9(12)8-13/h1,5-7,10,14H,4H2,2H3. The lowest BCUT2D eigenvalue weighted by Gasteiger charge is -2.13. The number of nitro benzene ring substituents is 1. The van der Waals surface area contributed by atoms with E-state index in [1.54, 1.807) is 0 Å². The molecule has 1 aromatic rings. The van der Waals surface area contributed by atoms with Gasteiger partial charge in [-0.25, -0.2) is 0 Å². The molecule has 0 fully saturated rings. The second-order valence-electron chi connectivity index (χ2n) is 3.37. The summed E-state index contributed by atoms with van der Waals surface area (Å²) in [6, 6.07) is 5.78. The summed E-state index contributed by atoms with van der Waals surface area (Å²) in [4.78, 5) is 10.0. The van der Waals surface area contributed by atoms with Crippen LogP contribution in [0.25, 0.3) is 0 Å². The zero-order chi connectivity index (χ0) is 12.8. The highest BCUT2D eigenvalue weighted by Crippen LogP contribution is 2.22. The monoisotopic (exact) mass is 229 g/mol. The number of non-ortho nitro benzene ring substituents is 1. The molecule has 0 saturated carbocycles. The van der Waals surface area contributed by atoms with E-state index < -0.39 is 4.92 Å². The van der Waals surface area contributed by atoms with Crippen LogP contribution in [0.5, 0.6) is 0 Å². The number of rotatable bonds is 4. The highest BCUT2D eigenvalue weighted by Gasteiger charge is 2.12. The van der Waals surface area contributed by atoms with E-state index in [2.05, 4.69) is 11.2 Å². The lowest BCUT2D eigenvalue weighted by Crippen LogP contribution is -2.16. The van der Waals surface area contributed by atoms with E-state index in [9.17, 15) is 10.1 Å². The first-order chi connectivity index (χ1) is 8.12. The van der Waals surface area contributed by atoms with Gasteiger partial charge in [-0.2, -0.15) is 5.26 Å². The van der Waals surface area contributed by atoms with Crippen molar-refractivity contribution >= 4 is 11.4 Å². The van der Waals surface area contributed by atoms with Crippen molar-refractivity contribution in [3.05, 3.63) is 33.9 Å². The third kappa shape index (κ3) is 2.96. The highest BCUT2D eigenvalue weighted by molar-refractivity contribution is 5.62. The summed E-state index contributed by atoms with van der Waals surface area (Å²) in [5, 5.41) is 22.5. The molecule has 0 radical (unpaired) electrons. The van der Waals surface area contributed by atoms with Gasteiger partial charge in [-0.15, -0.1) is 6.42 Å². The number of benzene rings is 1. The first-order valence-electron chi connectivity index (χ1n) is 5.03. The fraction of sp³-hybridized carbons (Fsp3) is 0.250. The minimum Gasteiger partial charge on any atom is -0.370 e. The molecule has 5 nitrogen and oxygen atoms in total. The molecule has 0 heterocycles. The number of nitro groups is 1. The summed E-state index contributed by atoms with van der Waals surface area (Å²) in [5.41, 5.74) is 0.622. The van der Waals surface area contributed by atoms with Crippen LogP contribution < -0.4 is 5.32 Å². The van der Waals surface area contributed by atoms with Gasteiger partial charge < -0.3 is 5.32 Å². The predicted octanol–water partition coefficient (Wildman–Crippen LogP) is 2.29. The van der Waals surface area contributed by atoms with Crippen LogP contribution in [0.4, 0.5) is 11.4 Å². The molecule has 1 rings (SSSR count). The van der Waals surface area contributed by atoms with Crippen LogP contribution in [0.1, 0.15) is 18.9 Å². The maximum Gasteiger partial charge on any atom is 0.270 e. The Labute approximate surface area is 99.2 Å². The molecule has 0 aliphatic heterocycles. The molecule has 0 amide bonds. The number of hydrogen-bond acceptors (Lipinski definition) is 4. The quantitative estimate of drug-likeness (QED) is 0.488. The Balaban J connectivity index is 3.07. The lowest BCUT2D eigenvalue weighted by atomic mass is 10.1. The molecule has 0 aliphatic carbocycles. The molecule has 0 saturated heterocycles. The van der Waals surface area contributed by atoms with Crippen molar-refractivity contribution in [3.63, 3.8) is 0 Å². The summed E-state index contributed by atoms with van der Waals surface area (Å²) in [7, 11) is 0. The Bertz CT molecular complexity index is 511. The molecule has 0 aliphatic rings. The molecule has 1 unspecified atom stereocenters. The average Bonchev–Trinajstić information content (AvgIpc) is 2.35. The average molecular weight is 229 g/mol. The van der Waals surface area contributed by atoms with E-state index in [4.69, 9.17) is 11.7 Å². The van der Waals surface area contributed by atoms with Crippen molar-refractivity contribution in [2.24, 2.45) is 0 Å². The van der Waals surface area contributed by atoms with Crippen LogP contribution in [-0.2, 0) is 0 Å². The van der Waals surface area contributed by atoms with E-state index in [1.165, 1.54) is 18.2 Å². The van der Waals surface area contributed by atoms with Crippen LogP contribution in [0.15, 0.2) is 18.2 Å². The van der Waals surface area contributed by atoms with Crippen molar-refractivity contribution in [2.45, 2.75) is 19.4 Å². The molecule has 86 valence electrons. The lowest BCUT2D eigenvalue weighted by molar-refractivity contribution is -0.384. The van der Waals surface area contributed by atoms with Crippen molar-refractivity contribution < 1.29 is 4.92 Å². The van der Waals surface area contributed by atoms with Gasteiger partial charge in [0.1, 0.15) is 6.07 Å². The van der Waals surface area contributed by atoms with Gasteiger partial charge in [0.25, 0.3) is 5.69 Å². The zero-order valence-corrected chi connectivity index (χ0v) is 9.30. The fourth-order valence-corrected chi connectivity index (χ4v) is 1.31.